The van der Waals surface area contributed by atoms with Crippen molar-refractivity contribution in [1.82, 2.24) is 10.2 Å². The van der Waals surface area contributed by atoms with Crippen molar-refractivity contribution in [1.29, 1.82) is 0 Å². The number of benzene rings is 1. The maximum absolute atomic E-state index is 12.8. The van der Waals surface area contributed by atoms with Crippen molar-refractivity contribution in [2.75, 3.05) is 19.6 Å². The molecule has 2 fully saturated rings. The Labute approximate surface area is 180 Å². The number of hydrogen-bond donors (Lipinski definition) is 1. The van der Waals surface area contributed by atoms with E-state index in [-0.39, 0.29) is 11.7 Å². The molecule has 0 bridgehead atoms. The molecule has 0 radical (unpaired) electrons. The van der Waals surface area contributed by atoms with Gasteiger partial charge in [0.1, 0.15) is 5.25 Å². The third kappa shape index (κ3) is 6.06. The number of nitrogens with zero attached hydrogens (tertiary/aromatic N) is 1. The van der Waals surface area contributed by atoms with E-state index in [2.05, 4.69) is 5.32 Å². The molecule has 1 N–H and O–H groups in total. The van der Waals surface area contributed by atoms with Crippen LogP contribution in [0.1, 0.15) is 74.2 Å². The summed E-state index contributed by atoms with van der Waals surface area (Å²) in [6.07, 6.45) is 8.96. The van der Waals surface area contributed by atoms with Crippen molar-refractivity contribution >= 4 is 21.7 Å². The van der Waals surface area contributed by atoms with Gasteiger partial charge in [0.15, 0.2) is 9.84 Å². The minimum absolute atomic E-state index is 0.0489. The molecule has 30 heavy (non-hydrogen) atoms. The predicted molar refractivity (Wildman–Crippen MR) is 118 cm³/mol. The molecule has 1 saturated heterocycles. The minimum Gasteiger partial charge on any atom is -0.355 e. The van der Waals surface area contributed by atoms with Crippen LogP contribution in [0.4, 0.5) is 0 Å². The Bertz CT molecular complexity index is 841. The summed E-state index contributed by atoms with van der Waals surface area (Å²) in [4.78, 5) is 27.0. The van der Waals surface area contributed by atoms with Crippen LogP contribution in [0.3, 0.4) is 0 Å². The van der Waals surface area contributed by atoms with E-state index in [1.165, 1.54) is 26.2 Å². The third-order valence-electron chi connectivity index (χ3n) is 6.38. The van der Waals surface area contributed by atoms with E-state index in [1.54, 1.807) is 24.3 Å². The molecule has 7 heteroatoms. The molecule has 6 nitrogen and oxygen atoms in total. The zero-order valence-corrected chi connectivity index (χ0v) is 18.8. The Kier molecular flexibility index (Phi) is 7.92. The van der Waals surface area contributed by atoms with E-state index in [0.29, 0.717) is 23.6 Å². The molecular formula is C23H34N2O4S. The normalized spacial score (nSPS) is 19.3. The number of nitrogens with one attached hydrogen (secondary N) is 1. The van der Waals surface area contributed by atoms with Crippen LogP contribution >= 0.6 is 0 Å². The number of sulfone groups is 1. The van der Waals surface area contributed by atoms with Gasteiger partial charge in [0.05, 0.1) is 5.75 Å². The lowest BCUT2D eigenvalue weighted by atomic mass is 9.89. The highest BCUT2D eigenvalue weighted by Crippen LogP contribution is 2.23. The molecule has 3 rings (SSSR count). The summed E-state index contributed by atoms with van der Waals surface area (Å²) in [6.45, 7) is 3.51. The number of carbonyl (C=O) groups excluding carboxylic acids is 2. The van der Waals surface area contributed by atoms with E-state index >= 15 is 0 Å². The molecule has 1 aromatic rings. The molecule has 1 heterocycles. The Morgan fingerprint density at radius 1 is 1.07 bits per heavy atom. The standard InChI is InChI=1S/C23H34N2O4S/c1-18(22(26)24-16-19-9-4-2-5-10-19)30(28,29)17-20-11-8-12-21(15-20)23(27)25-13-6-3-7-14-25/h8,11-12,15,18-19H,2-7,9-10,13-14,16-17H2,1H3,(H,24,26). The average molecular weight is 435 g/mol. The quantitative estimate of drug-likeness (QED) is 0.714. The summed E-state index contributed by atoms with van der Waals surface area (Å²) >= 11 is 0. The first kappa shape index (κ1) is 22.8. The molecule has 1 aromatic carbocycles. The van der Waals surface area contributed by atoms with Crippen LogP contribution in [0.2, 0.25) is 0 Å². The first-order valence-electron chi connectivity index (χ1n) is 11.2. The van der Waals surface area contributed by atoms with Gasteiger partial charge in [0.25, 0.3) is 5.91 Å². The van der Waals surface area contributed by atoms with Gasteiger partial charge in [0.2, 0.25) is 5.91 Å². The largest absolute Gasteiger partial charge is 0.355 e. The van der Waals surface area contributed by atoms with Gasteiger partial charge in [0, 0.05) is 25.2 Å². The van der Waals surface area contributed by atoms with Crippen molar-refractivity contribution in [2.45, 2.75) is 69.3 Å². The summed E-state index contributed by atoms with van der Waals surface area (Å²) in [7, 11) is -3.67. The fourth-order valence-corrected chi connectivity index (χ4v) is 5.68. The molecule has 2 amide bonds. The van der Waals surface area contributed by atoms with Crippen molar-refractivity contribution in [3.63, 3.8) is 0 Å². The first-order valence-corrected chi connectivity index (χ1v) is 13.0. The summed E-state index contributed by atoms with van der Waals surface area (Å²) in [5, 5.41) is 1.73. The van der Waals surface area contributed by atoms with Crippen LogP contribution in [0.25, 0.3) is 0 Å². The van der Waals surface area contributed by atoms with E-state index < -0.39 is 21.0 Å². The minimum atomic E-state index is -3.67. The fraction of sp³-hybridized carbons (Fsp3) is 0.652. The third-order valence-corrected chi connectivity index (χ3v) is 8.41. The highest BCUT2D eigenvalue weighted by atomic mass is 32.2. The van der Waals surface area contributed by atoms with E-state index in [1.807, 2.05) is 4.90 Å². The van der Waals surface area contributed by atoms with Crippen molar-refractivity contribution in [3.8, 4) is 0 Å². The van der Waals surface area contributed by atoms with E-state index in [9.17, 15) is 18.0 Å². The second-order valence-corrected chi connectivity index (χ2v) is 11.1. The molecule has 1 aliphatic heterocycles. The van der Waals surface area contributed by atoms with Crippen LogP contribution in [0.15, 0.2) is 24.3 Å². The molecule has 0 aromatic heterocycles. The van der Waals surface area contributed by atoms with Crippen molar-refractivity contribution in [2.24, 2.45) is 5.92 Å². The average Bonchev–Trinajstić information content (AvgIpc) is 2.77. The van der Waals surface area contributed by atoms with Crippen LogP contribution in [0, 0.1) is 5.92 Å². The van der Waals surface area contributed by atoms with Crippen molar-refractivity contribution < 1.29 is 18.0 Å². The molecule has 2 aliphatic rings. The number of carbonyl (C=O) groups is 2. The summed E-state index contributed by atoms with van der Waals surface area (Å²) in [5.41, 5.74) is 1.06. The highest BCUT2D eigenvalue weighted by Gasteiger charge is 2.29. The summed E-state index contributed by atoms with van der Waals surface area (Å²) in [5.74, 6) is -0.269. The molecule has 1 atom stereocenters. The number of amides is 2. The zero-order chi connectivity index (χ0) is 21.6. The predicted octanol–water partition coefficient (Wildman–Crippen LogP) is 3.31. The van der Waals surface area contributed by atoms with Gasteiger partial charge in [-0.05, 0) is 62.6 Å². The Morgan fingerprint density at radius 3 is 2.43 bits per heavy atom. The van der Waals surface area contributed by atoms with Gasteiger partial charge in [-0.15, -0.1) is 0 Å². The monoisotopic (exact) mass is 434 g/mol. The molecule has 0 spiro atoms. The smallest absolute Gasteiger partial charge is 0.253 e. The topological polar surface area (TPSA) is 83.5 Å². The second-order valence-electron chi connectivity index (χ2n) is 8.75. The summed E-state index contributed by atoms with van der Waals surface area (Å²) < 4.78 is 25.6. The van der Waals surface area contributed by atoms with Crippen LogP contribution in [-0.4, -0.2) is 50.0 Å². The maximum Gasteiger partial charge on any atom is 0.253 e. The molecule has 1 saturated carbocycles. The number of likely N-dealkylation sites (tertiary alicyclic amines) is 1. The second kappa shape index (κ2) is 10.4. The van der Waals surface area contributed by atoms with Gasteiger partial charge < -0.3 is 10.2 Å². The SMILES string of the molecule is CC(C(=O)NCC1CCCCC1)S(=O)(=O)Cc1cccc(C(=O)N2CCCCC2)c1. The molecule has 1 unspecified atom stereocenters. The van der Waals surface area contributed by atoms with Crippen molar-refractivity contribution in [3.05, 3.63) is 35.4 Å². The lowest BCUT2D eigenvalue weighted by Gasteiger charge is -2.26. The Balaban J connectivity index is 1.59. The lowest BCUT2D eigenvalue weighted by Crippen LogP contribution is -2.40. The first-order chi connectivity index (χ1) is 14.4. The summed E-state index contributed by atoms with van der Waals surface area (Å²) in [6, 6.07) is 6.81. The number of piperidine rings is 1. The van der Waals surface area contributed by atoms with Gasteiger partial charge in [-0.25, -0.2) is 8.42 Å². The van der Waals surface area contributed by atoms with Crippen LogP contribution in [-0.2, 0) is 20.4 Å². The lowest BCUT2D eigenvalue weighted by molar-refractivity contribution is -0.120. The number of rotatable bonds is 7. The van der Waals surface area contributed by atoms with Crippen LogP contribution in [0.5, 0.6) is 0 Å². The zero-order valence-electron chi connectivity index (χ0n) is 17.9. The van der Waals surface area contributed by atoms with Gasteiger partial charge in [-0.2, -0.15) is 0 Å². The maximum atomic E-state index is 12.8. The molecule has 1 aliphatic carbocycles. The molecule has 166 valence electrons. The van der Waals surface area contributed by atoms with Gasteiger partial charge in [-0.3, -0.25) is 9.59 Å². The Morgan fingerprint density at radius 2 is 1.73 bits per heavy atom. The van der Waals surface area contributed by atoms with Crippen LogP contribution < -0.4 is 5.32 Å². The Hall–Kier alpha value is -1.89. The van der Waals surface area contributed by atoms with E-state index in [4.69, 9.17) is 0 Å². The van der Waals surface area contributed by atoms with Gasteiger partial charge >= 0.3 is 0 Å². The molecular weight excluding hydrogens is 400 g/mol. The van der Waals surface area contributed by atoms with E-state index in [0.717, 1.165) is 45.2 Å². The highest BCUT2D eigenvalue weighted by molar-refractivity contribution is 7.92. The van der Waals surface area contributed by atoms with Gasteiger partial charge in [-0.1, -0.05) is 31.4 Å². The fourth-order valence-electron chi connectivity index (χ4n) is 4.37. The number of hydrogen-bond acceptors (Lipinski definition) is 4.